The molecule has 0 spiro atoms. The lowest BCUT2D eigenvalue weighted by molar-refractivity contribution is 0.360. The molecule has 0 N–H and O–H groups in total. The summed E-state index contributed by atoms with van der Waals surface area (Å²) in [6.45, 7) is 0. The summed E-state index contributed by atoms with van der Waals surface area (Å²) in [7, 11) is 0. The Labute approximate surface area is 143 Å². The highest BCUT2D eigenvalue weighted by Gasteiger charge is 2.29. The predicted octanol–water partition coefficient (Wildman–Crippen LogP) is 6.81. The lowest BCUT2D eigenvalue weighted by Crippen LogP contribution is -2.19. The van der Waals surface area contributed by atoms with Crippen LogP contribution in [-0.4, -0.2) is 0 Å². The lowest BCUT2D eigenvalue weighted by atomic mass is 9.70. The fraction of sp³-hybridized carbons (Fsp3) is 0.250. The Balaban J connectivity index is 1.79. The monoisotopic (exact) mass is 310 g/mol. The molecule has 2 unspecified atom stereocenters. The Morgan fingerprint density at radius 2 is 1.62 bits per heavy atom. The van der Waals surface area contributed by atoms with Crippen LogP contribution in [0.1, 0.15) is 42.7 Å². The maximum atomic E-state index is 2.49. The zero-order valence-corrected chi connectivity index (χ0v) is 13.9. The second-order valence-electron chi connectivity index (χ2n) is 7.25. The SMILES string of the molecule is C1=CC2CCCCC2c2ccc3cccc(-c4ccccc4)c3c21. The molecular weight excluding hydrogens is 288 g/mol. The van der Waals surface area contributed by atoms with Crippen LogP contribution in [0, 0.1) is 5.92 Å². The van der Waals surface area contributed by atoms with E-state index in [1.165, 1.54) is 53.1 Å². The second kappa shape index (κ2) is 5.63. The quantitative estimate of drug-likeness (QED) is 0.463. The van der Waals surface area contributed by atoms with Crippen molar-refractivity contribution in [3.63, 3.8) is 0 Å². The molecule has 0 aliphatic heterocycles. The Hall–Kier alpha value is -2.34. The van der Waals surface area contributed by atoms with Crippen molar-refractivity contribution < 1.29 is 0 Å². The molecule has 24 heavy (non-hydrogen) atoms. The van der Waals surface area contributed by atoms with Gasteiger partial charge in [-0.25, -0.2) is 0 Å². The largest absolute Gasteiger partial charge is 0.0802 e. The van der Waals surface area contributed by atoms with Crippen molar-refractivity contribution in [2.45, 2.75) is 31.6 Å². The zero-order valence-electron chi connectivity index (χ0n) is 13.9. The molecule has 1 saturated carbocycles. The number of fused-ring (bicyclic) bond motifs is 5. The van der Waals surface area contributed by atoms with Gasteiger partial charge in [0.2, 0.25) is 0 Å². The van der Waals surface area contributed by atoms with Crippen molar-refractivity contribution in [2.75, 3.05) is 0 Å². The summed E-state index contributed by atoms with van der Waals surface area (Å²) in [5.41, 5.74) is 5.73. The molecule has 3 aromatic carbocycles. The van der Waals surface area contributed by atoms with Crippen LogP contribution in [-0.2, 0) is 0 Å². The molecule has 2 aliphatic carbocycles. The van der Waals surface area contributed by atoms with Crippen molar-refractivity contribution in [2.24, 2.45) is 5.92 Å². The maximum Gasteiger partial charge on any atom is -0.00301 e. The van der Waals surface area contributed by atoms with Gasteiger partial charge in [-0.1, -0.05) is 85.7 Å². The summed E-state index contributed by atoms with van der Waals surface area (Å²) in [4.78, 5) is 0. The first-order valence-electron chi connectivity index (χ1n) is 9.21. The molecule has 2 aliphatic rings. The van der Waals surface area contributed by atoms with Crippen LogP contribution in [0.3, 0.4) is 0 Å². The second-order valence-corrected chi connectivity index (χ2v) is 7.25. The third-order valence-electron chi connectivity index (χ3n) is 5.93. The van der Waals surface area contributed by atoms with E-state index in [4.69, 9.17) is 0 Å². The van der Waals surface area contributed by atoms with Crippen molar-refractivity contribution in [3.8, 4) is 11.1 Å². The van der Waals surface area contributed by atoms with E-state index in [1.807, 2.05) is 0 Å². The normalized spacial score (nSPS) is 22.2. The van der Waals surface area contributed by atoms with Gasteiger partial charge in [-0.05, 0) is 57.7 Å². The summed E-state index contributed by atoms with van der Waals surface area (Å²) in [5, 5.41) is 2.79. The van der Waals surface area contributed by atoms with Gasteiger partial charge in [0.15, 0.2) is 0 Å². The zero-order chi connectivity index (χ0) is 15.9. The van der Waals surface area contributed by atoms with Gasteiger partial charge in [-0.3, -0.25) is 0 Å². The maximum absolute atomic E-state index is 2.49. The molecule has 118 valence electrons. The summed E-state index contributed by atoms with van der Waals surface area (Å²) < 4.78 is 0. The minimum Gasteiger partial charge on any atom is -0.0802 e. The molecule has 0 bridgehead atoms. The van der Waals surface area contributed by atoms with Crippen LogP contribution in [0.4, 0.5) is 0 Å². The molecule has 0 aromatic heterocycles. The number of allylic oxidation sites excluding steroid dienone is 1. The molecule has 2 atom stereocenters. The van der Waals surface area contributed by atoms with E-state index < -0.39 is 0 Å². The molecule has 5 rings (SSSR count). The minimum atomic E-state index is 0.729. The fourth-order valence-corrected chi connectivity index (χ4v) is 4.78. The topological polar surface area (TPSA) is 0 Å². The first kappa shape index (κ1) is 14.0. The first-order chi connectivity index (χ1) is 11.9. The summed E-state index contributed by atoms with van der Waals surface area (Å²) in [5.74, 6) is 1.49. The van der Waals surface area contributed by atoms with Crippen LogP contribution in [0.25, 0.3) is 28.0 Å². The van der Waals surface area contributed by atoms with E-state index in [0.717, 1.165) is 11.8 Å². The summed E-state index contributed by atoms with van der Waals surface area (Å²) >= 11 is 0. The first-order valence-corrected chi connectivity index (χ1v) is 9.21. The number of benzene rings is 3. The average molecular weight is 310 g/mol. The summed E-state index contributed by atoms with van der Waals surface area (Å²) in [6, 6.07) is 22.3. The minimum absolute atomic E-state index is 0.729. The van der Waals surface area contributed by atoms with Crippen LogP contribution >= 0.6 is 0 Å². The highest BCUT2D eigenvalue weighted by atomic mass is 14.3. The molecule has 0 amide bonds. The fourth-order valence-electron chi connectivity index (χ4n) is 4.78. The van der Waals surface area contributed by atoms with Gasteiger partial charge >= 0.3 is 0 Å². The lowest BCUT2D eigenvalue weighted by Gasteiger charge is -2.34. The Morgan fingerprint density at radius 1 is 0.750 bits per heavy atom. The van der Waals surface area contributed by atoms with Crippen molar-refractivity contribution in [1.29, 1.82) is 0 Å². The average Bonchev–Trinajstić information content (AvgIpc) is 2.67. The van der Waals surface area contributed by atoms with Gasteiger partial charge in [-0.15, -0.1) is 0 Å². The highest BCUT2D eigenvalue weighted by molar-refractivity contribution is 6.03. The molecule has 0 radical (unpaired) electrons. The smallest absolute Gasteiger partial charge is 0.00301 e. The molecule has 0 saturated heterocycles. The van der Waals surface area contributed by atoms with Crippen LogP contribution in [0.15, 0.2) is 66.7 Å². The van der Waals surface area contributed by atoms with E-state index in [0.29, 0.717) is 0 Å². The van der Waals surface area contributed by atoms with Crippen LogP contribution in [0.5, 0.6) is 0 Å². The highest BCUT2D eigenvalue weighted by Crippen LogP contribution is 2.46. The summed E-state index contributed by atoms with van der Waals surface area (Å²) in [6.07, 6.45) is 10.4. The molecule has 0 heterocycles. The standard InChI is InChI=1S/C24H22/c1-2-7-17(8-3-1)21-12-6-10-19-14-15-22-20-11-5-4-9-18(20)13-16-23(22)24(19)21/h1-3,6-8,10,12-16,18,20H,4-5,9,11H2. The van der Waals surface area contributed by atoms with Crippen molar-refractivity contribution in [3.05, 3.63) is 77.9 Å². The van der Waals surface area contributed by atoms with Gasteiger partial charge in [0.1, 0.15) is 0 Å². The van der Waals surface area contributed by atoms with Gasteiger partial charge in [0.25, 0.3) is 0 Å². The molecule has 0 heteroatoms. The Bertz CT molecular complexity index is 917. The number of hydrogen-bond acceptors (Lipinski definition) is 0. The van der Waals surface area contributed by atoms with Crippen molar-refractivity contribution >= 4 is 16.8 Å². The predicted molar refractivity (Wildman–Crippen MR) is 103 cm³/mol. The van der Waals surface area contributed by atoms with E-state index in [1.54, 1.807) is 5.56 Å². The molecule has 0 nitrogen and oxygen atoms in total. The number of hydrogen-bond donors (Lipinski definition) is 0. The van der Waals surface area contributed by atoms with Gasteiger partial charge in [0.05, 0.1) is 0 Å². The van der Waals surface area contributed by atoms with E-state index in [9.17, 15) is 0 Å². The Kier molecular flexibility index (Phi) is 3.29. The van der Waals surface area contributed by atoms with Crippen LogP contribution in [0.2, 0.25) is 0 Å². The van der Waals surface area contributed by atoms with Crippen molar-refractivity contribution in [1.82, 2.24) is 0 Å². The van der Waals surface area contributed by atoms with E-state index in [-0.39, 0.29) is 0 Å². The van der Waals surface area contributed by atoms with Gasteiger partial charge in [0, 0.05) is 0 Å². The third-order valence-corrected chi connectivity index (χ3v) is 5.93. The van der Waals surface area contributed by atoms with Gasteiger partial charge in [-0.2, -0.15) is 0 Å². The Morgan fingerprint density at radius 3 is 2.54 bits per heavy atom. The molecule has 1 fully saturated rings. The van der Waals surface area contributed by atoms with E-state index in [2.05, 4.69) is 72.8 Å². The number of rotatable bonds is 1. The van der Waals surface area contributed by atoms with Gasteiger partial charge < -0.3 is 0 Å². The van der Waals surface area contributed by atoms with Crippen LogP contribution < -0.4 is 0 Å². The molecule has 3 aromatic rings. The third kappa shape index (κ3) is 2.13. The van der Waals surface area contributed by atoms with E-state index >= 15 is 0 Å². The molecular formula is C24H22.